The third kappa shape index (κ3) is 3.75. The minimum atomic E-state index is 0.697. The van der Waals surface area contributed by atoms with Crippen LogP contribution in [0.2, 0.25) is 0 Å². The molecule has 1 aliphatic rings. The quantitative estimate of drug-likeness (QED) is 0.666. The van der Waals surface area contributed by atoms with Gasteiger partial charge in [0.05, 0.1) is 13.3 Å². The first-order chi connectivity index (χ1) is 13.0. The van der Waals surface area contributed by atoms with Crippen molar-refractivity contribution in [3.05, 3.63) is 40.8 Å². The van der Waals surface area contributed by atoms with Crippen molar-refractivity contribution < 1.29 is 4.74 Å². The maximum absolute atomic E-state index is 5.36. The maximum Gasteiger partial charge on any atom is 0.232 e. The molecule has 3 aromatic rings. The standard InChI is InChI=1S/C21H27N5O/c1-13-10-18(27-4)11-14(2)19(13)25-21-24-15(3)23-20-17(12-22-26(20)21)7-5-6-16-8-9-16/h10-12,16H,5-9H2,1-4H3,(H,23,24,25). The highest BCUT2D eigenvalue weighted by atomic mass is 16.5. The molecule has 0 saturated heterocycles. The Morgan fingerprint density at radius 2 is 1.89 bits per heavy atom. The van der Waals surface area contributed by atoms with Crippen LogP contribution in [0, 0.1) is 26.7 Å². The molecule has 0 unspecified atom stereocenters. The van der Waals surface area contributed by atoms with Crippen molar-refractivity contribution in [2.75, 3.05) is 12.4 Å². The Kier molecular flexibility index (Phi) is 4.72. The Labute approximate surface area is 160 Å². The number of anilines is 2. The normalized spacial score (nSPS) is 13.9. The molecule has 1 aromatic carbocycles. The zero-order valence-electron chi connectivity index (χ0n) is 16.5. The van der Waals surface area contributed by atoms with Gasteiger partial charge in [-0.1, -0.05) is 19.3 Å². The fraction of sp³-hybridized carbons (Fsp3) is 0.476. The van der Waals surface area contributed by atoms with Gasteiger partial charge in [-0.15, -0.1) is 0 Å². The lowest BCUT2D eigenvalue weighted by Gasteiger charge is -2.15. The van der Waals surface area contributed by atoms with Crippen LogP contribution in [0.15, 0.2) is 18.3 Å². The van der Waals surface area contributed by atoms with Gasteiger partial charge >= 0.3 is 0 Å². The van der Waals surface area contributed by atoms with Gasteiger partial charge in [0.1, 0.15) is 11.6 Å². The van der Waals surface area contributed by atoms with E-state index in [0.717, 1.165) is 46.4 Å². The number of ether oxygens (including phenoxy) is 1. The summed E-state index contributed by atoms with van der Waals surface area (Å²) in [5, 5.41) is 8.03. The third-order valence-electron chi connectivity index (χ3n) is 5.29. The van der Waals surface area contributed by atoms with E-state index in [2.05, 4.69) is 34.2 Å². The molecule has 0 radical (unpaired) electrons. The lowest BCUT2D eigenvalue weighted by molar-refractivity contribution is 0.414. The predicted molar refractivity (Wildman–Crippen MR) is 107 cm³/mol. The molecule has 6 nitrogen and oxygen atoms in total. The first-order valence-corrected chi connectivity index (χ1v) is 9.68. The van der Waals surface area contributed by atoms with Crippen LogP contribution in [-0.4, -0.2) is 26.7 Å². The van der Waals surface area contributed by atoms with Crippen molar-refractivity contribution in [2.45, 2.75) is 52.9 Å². The maximum atomic E-state index is 5.36. The van der Waals surface area contributed by atoms with Crippen LogP contribution in [0.25, 0.3) is 5.65 Å². The molecule has 142 valence electrons. The van der Waals surface area contributed by atoms with Gasteiger partial charge in [-0.25, -0.2) is 4.98 Å². The number of benzene rings is 1. The summed E-state index contributed by atoms with van der Waals surface area (Å²) in [4.78, 5) is 9.25. The van der Waals surface area contributed by atoms with Crippen LogP contribution in [0.1, 0.15) is 48.2 Å². The summed E-state index contributed by atoms with van der Waals surface area (Å²) < 4.78 is 7.18. The van der Waals surface area contributed by atoms with Crippen LogP contribution in [0.3, 0.4) is 0 Å². The van der Waals surface area contributed by atoms with Crippen molar-refractivity contribution in [3.8, 4) is 5.75 Å². The number of hydrogen-bond acceptors (Lipinski definition) is 5. The minimum absolute atomic E-state index is 0.697. The fourth-order valence-electron chi connectivity index (χ4n) is 3.62. The summed E-state index contributed by atoms with van der Waals surface area (Å²) in [5.74, 6) is 3.26. The molecule has 0 atom stereocenters. The lowest BCUT2D eigenvalue weighted by Crippen LogP contribution is -2.08. The topological polar surface area (TPSA) is 64.3 Å². The van der Waals surface area contributed by atoms with Gasteiger partial charge in [0.25, 0.3) is 0 Å². The molecule has 1 N–H and O–H groups in total. The molecule has 1 aliphatic carbocycles. The number of rotatable bonds is 7. The molecule has 2 heterocycles. The second-order valence-corrected chi connectivity index (χ2v) is 7.60. The van der Waals surface area contributed by atoms with Crippen LogP contribution in [0.5, 0.6) is 5.75 Å². The van der Waals surface area contributed by atoms with Gasteiger partial charge in [0.15, 0.2) is 5.65 Å². The lowest BCUT2D eigenvalue weighted by atomic mass is 10.1. The van der Waals surface area contributed by atoms with Gasteiger partial charge in [0, 0.05) is 11.3 Å². The summed E-state index contributed by atoms with van der Waals surface area (Å²) in [6, 6.07) is 4.04. The van der Waals surface area contributed by atoms with E-state index in [1.807, 2.05) is 29.8 Å². The van der Waals surface area contributed by atoms with E-state index in [0.29, 0.717) is 5.95 Å². The molecule has 27 heavy (non-hydrogen) atoms. The molecule has 0 amide bonds. The molecular weight excluding hydrogens is 338 g/mol. The van der Waals surface area contributed by atoms with E-state index in [-0.39, 0.29) is 0 Å². The molecular formula is C21H27N5O. The van der Waals surface area contributed by atoms with Gasteiger partial charge in [-0.2, -0.15) is 14.6 Å². The molecule has 0 bridgehead atoms. The molecule has 4 rings (SSSR count). The highest BCUT2D eigenvalue weighted by Gasteiger charge is 2.21. The average Bonchev–Trinajstić information content (AvgIpc) is 3.37. The van der Waals surface area contributed by atoms with Crippen molar-refractivity contribution in [3.63, 3.8) is 0 Å². The second-order valence-electron chi connectivity index (χ2n) is 7.60. The van der Waals surface area contributed by atoms with Gasteiger partial charge in [-0.05, 0) is 62.8 Å². The number of nitrogens with one attached hydrogen (secondary N) is 1. The highest BCUT2D eigenvalue weighted by Crippen LogP contribution is 2.34. The number of fused-ring (bicyclic) bond motifs is 1. The third-order valence-corrected chi connectivity index (χ3v) is 5.29. The summed E-state index contributed by atoms with van der Waals surface area (Å²) in [6.45, 7) is 6.06. The summed E-state index contributed by atoms with van der Waals surface area (Å²) in [7, 11) is 1.69. The van der Waals surface area contributed by atoms with E-state index in [4.69, 9.17) is 4.74 Å². The van der Waals surface area contributed by atoms with Crippen LogP contribution < -0.4 is 10.1 Å². The molecule has 0 spiro atoms. The van der Waals surface area contributed by atoms with E-state index < -0.39 is 0 Å². The van der Waals surface area contributed by atoms with Gasteiger partial charge < -0.3 is 10.1 Å². The molecule has 1 fully saturated rings. The van der Waals surface area contributed by atoms with E-state index in [9.17, 15) is 0 Å². The Bertz CT molecular complexity index is 951. The van der Waals surface area contributed by atoms with Crippen LogP contribution >= 0.6 is 0 Å². The summed E-state index contributed by atoms with van der Waals surface area (Å²) >= 11 is 0. The average molecular weight is 365 g/mol. The van der Waals surface area contributed by atoms with Gasteiger partial charge in [0.2, 0.25) is 5.95 Å². The molecule has 0 aliphatic heterocycles. The molecule has 1 saturated carbocycles. The van der Waals surface area contributed by atoms with Crippen LogP contribution in [0.4, 0.5) is 11.6 Å². The fourth-order valence-corrected chi connectivity index (χ4v) is 3.62. The van der Waals surface area contributed by atoms with Gasteiger partial charge in [-0.3, -0.25) is 0 Å². The van der Waals surface area contributed by atoms with Crippen molar-refractivity contribution in [1.29, 1.82) is 0 Å². The monoisotopic (exact) mass is 365 g/mol. The Balaban J connectivity index is 1.64. The Hall–Kier alpha value is -2.63. The molecule has 6 heteroatoms. The predicted octanol–water partition coefficient (Wildman–Crippen LogP) is 4.53. The first kappa shape index (κ1) is 17.8. The van der Waals surface area contributed by atoms with E-state index in [1.165, 1.54) is 31.2 Å². The number of aromatic nitrogens is 4. The zero-order valence-corrected chi connectivity index (χ0v) is 16.5. The van der Waals surface area contributed by atoms with Crippen molar-refractivity contribution in [2.24, 2.45) is 5.92 Å². The smallest absolute Gasteiger partial charge is 0.232 e. The molecule has 2 aromatic heterocycles. The number of methoxy groups -OCH3 is 1. The zero-order chi connectivity index (χ0) is 19.0. The van der Waals surface area contributed by atoms with E-state index in [1.54, 1.807) is 7.11 Å². The largest absolute Gasteiger partial charge is 0.497 e. The minimum Gasteiger partial charge on any atom is -0.497 e. The van der Waals surface area contributed by atoms with Crippen LogP contribution in [-0.2, 0) is 6.42 Å². The SMILES string of the molecule is COc1cc(C)c(Nc2nc(C)nc3c(CCCC4CC4)cnn23)c(C)c1. The van der Waals surface area contributed by atoms with Crippen molar-refractivity contribution in [1.82, 2.24) is 19.6 Å². The number of aryl methyl sites for hydroxylation is 4. The number of nitrogens with zero attached hydrogens (tertiary/aromatic N) is 4. The first-order valence-electron chi connectivity index (χ1n) is 9.68. The highest BCUT2D eigenvalue weighted by molar-refractivity contribution is 5.66. The summed E-state index contributed by atoms with van der Waals surface area (Å²) in [6.07, 6.45) is 8.30. The van der Waals surface area contributed by atoms with E-state index >= 15 is 0 Å². The Morgan fingerprint density at radius 3 is 2.56 bits per heavy atom. The Morgan fingerprint density at radius 1 is 1.15 bits per heavy atom. The van der Waals surface area contributed by atoms with Crippen molar-refractivity contribution >= 4 is 17.3 Å². The summed E-state index contributed by atoms with van der Waals surface area (Å²) in [5.41, 5.74) is 5.35. The number of hydrogen-bond donors (Lipinski definition) is 1. The second kappa shape index (κ2) is 7.18.